The Morgan fingerprint density at radius 2 is 1.33 bits per heavy atom. The maximum atomic E-state index is 3.37. The number of hydrogen-bond donors (Lipinski definition) is 1. The molecule has 112 valence electrons. The van der Waals surface area contributed by atoms with E-state index < -0.39 is 0 Å². The van der Waals surface area contributed by atoms with Crippen LogP contribution in [0.1, 0.15) is 47.5 Å². The van der Waals surface area contributed by atoms with Gasteiger partial charge in [0, 0.05) is 25.7 Å². The fourth-order valence-electron chi connectivity index (χ4n) is 2.00. The van der Waals surface area contributed by atoms with Crippen LogP contribution in [0.5, 0.6) is 0 Å². The normalized spacial score (nSPS) is 23.8. The van der Waals surface area contributed by atoms with Crippen LogP contribution in [0.4, 0.5) is 0 Å². The van der Waals surface area contributed by atoms with Crippen LogP contribution >= 0.6 is 0 Å². The van der Waals surface area contributed by atoms with Crippen molar-refractivity contribution < 1.29 is 0 Å². The summed E-state index contributed by atoms with van der Waals surface area (Å²) in [5, 5.41) is 3.37. The first kappa shape index (κ1) is 20.2. The van der Waals surface area contributed by atoms with Gasteiger partial charge < -0.3 is 15.1 Å². The van der Waals surface area contributed by atoms with Crippen molar-refractivity contribution in [3.63, 3.8) is 0 Å². The average Bonchev–Trinajstić information content (AvgIpc) is 2.86. The minimum atomic E-state index is 0.689. The highest BCUT2D eigenvalue weighted by atomic mass is 15.2. The summed E-state index contributed by atoms with van der Waals surface area (Å²) in [6.45, 7) is 16.4. The minimum absolute atomic E-state index is 0.689. The second-order valence-electron chi connectivity index (χ2n) is 4.63. The first-order valence-electron chi connectivity index (χ1n) is 7.79. The van der Waals surface area contributed by atoms with Crippen LogP contribution in [0, 0.1) is 0 Å². The molecule has 0 radical (unpaired) electrons. The molecular formula is C15H37N3. The number of piperazine rings is 1. The maximum Gasteiger partial charge on any atom is 0.0167 e. The summed E-state index contributed by atoms with van der Waals surface area (Å²) >= 11 is 0. The van der Waals surface area contributed by atoms with Gasteiger partial charge in [0.1, 0.15) is 0 Å². The molecule has 2 heterocycles. The van der Waals surface area contributed by atoms with Crippen LogP contribution in [0.2, 0.25) is 0 Å². The van der Waals surface area contributed by atoms with Crippen molar-refractivity contribution in [2.24, 2.45) is 0 Å². The molecule has 3 heteroatoms. The number of nitrogens with zero attached hydrogens (tertiary/aromatic N) is 2. The first-order chi connectivity index (χ1) is 8.68. The van der Waals surface area contributed by atoms with E-state index in [2.05, 4.69) is 36.1 Å². The molecule has 2 rings (SSSR count). The molecule has 1 atom stereocenters. The van der Waals surface area contributed by atoms with Gasteiger partial charge in [-0.1, -0.05) is 27.7 Å². The van der Waals surface area contributed by atoms with Crippen molar-refractivity contribution in [1.82, 2.24) is 15.1 Å². The molecule has 0 bridgehead atoms. The lowest BCUT2D eigenvalue weighted by atomic mass is 10.2. The Labute approximate surface area is 116 Å². The van der Waals surface area contributed by atoms with Crippen molar-refractivity contribution in [2.45, 2.75) is 53.5 Å². The summed E-state index contributed by atoms with van der Waals surface area (Å²) in [5.41, 5.74) is 0. The number of rotatable bonds is 0. The van der Waals surface area contributed by atoms with Crippen LogP contribution in [0.15, 0.2) is 0 Å². The van der Waals surface area contributed by atoms with E-state index in [4.69, 9.17) is 0 Å². The van der Waals surface area contributed by atoms with Gasteiger partial charge in [-0.3, -0.25) is 0 Å². The highest BCUT2D eigenvalue weighted by molar-refractivity contribution is 4.71. The summed E-state index contributed by atoms with van der Waals surface area (Å²) < 4.78 is 0. The molecule has 2 fully saturated rings. The molecule has 0 aliphatic carbocycles. The fourth-order valence-corrected chi connectivity index (χ4v) is 2.00. The predicted molar refractivity (Wildman–Crippen MR) is 84.4 cm³/mol. The third-order valence-corrected chi connectivity index (χ3v) is 2.90. The molecular weight excluding hydrogens is 222 g/mol. The Kier molecular flexibility index (Phi) is 16.8. The van der Waals surface area contributed by atoms with Gasteiger partial charge in [0.2, 0.25) is 0 Å². The molecule has 0 amide bonds. The molecule has 2 saturated heterocycles. The SMILES string of the molecule is CC.CC.CC1CN(C)CCN1.CN1CCCC1. The lowest BCUT2D eigenvalue weighted by Gasteiger charge is -2.28. The molecule has 1 unspecified atom stereocenters. The molecule has 2 aliphatic rings. The van der Waals surface area contributed by atoms with E-state index in [0.717, 1.165) is 6.54 Å². The topological polar surface area (TPSA) is 18.5 Å². The average molecular weight is 259 g/mol. The maximum absolute atomic E-state index is 3.37. The Balaban J connectivity index is 0. The highest BCUT2D eigenvalue weighted by Crippen LogP contribution is 2.02. The third kappa shape index (κ3) is 12.3. The zero-order valence-corrected chi connectivity index (χ0v) is 13.9. The Bertz CT molecular complexity index is 137. The van der Waals surface area contributed by atoms with Crippen molar-refractivity contribution in [1.29, 1.82) is 0 Å². The van der Waals surface area contributed by atoms with E-state index in [0.29, 0.717) is 6.04 Å². The molecule has 0 aromatic carbocycles. The van der Waals surface area contributed by atoms with Gasteiger partial charge in [-0.15, -0.1) is 0 Å². The van der Waals surface area contributed by atoms with E-state index in [-0.39, 0.29) is 0 Å². The monoisotopic (exact) mass is 259 g/mol. The van der Waals surface area contributed by atoms with Crippen molar-refractivity contribution >= 4 is 0 Å². The van der Waals surface area contributed by atoms with Gasteiger partial charge in [-0.2, -0.15) is 0 Å². The molecule has 0 saturated carbocycles. The third-order valence-electron chi connectivity index (χ3n) is 2.90. The Morgan fingerprint density at radius 1 is 0.833 bits per heavy atom. The van der Waals surface area contributed by atoms with Gasteiger partial charge >= 0.3 is 0 Å². The van der Waals surface area contributed by atoms with E-state index in [1.165, 1.54) is 39.0 Å². The molecule has 0 spiro atoms. The fraction of sp³-hybridized carbons (Fsp3) is 1.00. The molecule has 1 N–H and O–H groups in total. The number of hydrogen-bond acceptors (Lipinski definition) is 3. The van der Waals surface area contributed by atoms with Crippen LogP contribution in [0.3, 0.4) is 0 Å². The van der Waals surface area contributed by atoms with Gasteiger partial charge in [-0.25, -0.2) is 0 Å². The summed E-state index contributed by atoms with van der Waals surface area (Å²) in [4.78, 5) is 4.71. The van der Waals surface area contributed by atoms with Gasteiger partial charge in [0.15, 0.2) is 0 Å². The predicted octanol–water partition coefficient (Wildman–Crippen LogP) is 2.67. The van der Waals surface area contributed by atoms with E-state index >= 15 is 0 Å². The van der Waals surface area contributed by atoms with Crippen molar-refractivity contribution in [3.8, 4) is 0 Å². The quantitative estimate of drug-likeness (QED) is 0.721. The molecule has 0 aromatic rings. The first-order valence-corrected chi connectivity index (χ1v) is 7.79. The summed E-state index contributed by atoms with van der Waals surface area (Å²) in [5.74, 6) is 0. The highest BCUT2D eigenvalue weighted by Gasteiger charge is 2.09. The summed E-state index contributed by atoms with van der Waals surface area (Å²) in [6, 6.07) is 0.689. The smallest absolute Gasteiger partial charge is 0.0167 e. The standard InChI is InChI=1S/C6H14N2.C5H11N.2C2H6/c1-6-5-8(2)4-3-7-6;1-6-4-2-3-5-6;2*1-2/h6-7H,3-5H2,1-2H3;2-5H2,1H3;2*1-2H3. The van der Waals surface area contributed by atoms with Crippen LogP contribution in [0.25, 0.3) is 0 Å². The van der Waals surface area contributed by atoms with E-state index in [9.17, 15) is 0 Å². The van der Waals surface area contributed by atoms with E-state index in [1.807, 2.05) is 27.7 Å². The van der Waals surface area contributed by atoms with Gasteiger partial charge in [-0.05, 0) is 47.0 Å². The molecule has 2 aliphatic heterocycles. The van der Waals surface area contributed by atoms with Crippen LogP contribution in [-0.2, 0) is 0 Å². The Hall–Kier alpha value is -0.120. The zero-order chi connectivity index (χ0) is 14.4. The number of nitrogens with one attached hydrogen (secondary N) is 1. The number of likely N-dealkylation sites (N-methyl/N-ethyl adjacent to an activating group) is 1. The minimum Gasteiger partial charge on any atom is -0.312 e. The second-order valence-corrected chi connectivity index (χ2v) is 4.63. The summed E-state index contributed by atoms with van der Waals surface area (Å²) in [6.07, 6.45) is 2.83. The Morgan fingerprint density at radius 3 is 1.56 bits per heavy atom. The zero-order valence-electron chi connectivity index (χ0n) is 13.9. The second kappa shape index (κ2) is 14.9. The lowest BCUT2D eigenvalue weighted by molar-refractivity contribution is 0.248. The van der Waals surface area contributed by atoms with Crippen LogP contribution < -0.4 is 5.32 Å². The van der Waals surface area contributed by atoms with Crippen molar-refractivity contribution in [2.75, 3.05) is 46.8 Å². The number of likely N-dealkylation sites (tertiary alicyclic amines) is 1. The van der Waals surface area contributed by atoms with Gasteiger partial charge in [0.25, 0.3) is 0 Å². The largest absolute Gasteiger partial charge is 0.312 e. The molecule has 3 nitrogen and oxygen atoms in total. The lowest BCUT2D eigenvalue weighted by Crippen LogP contribution is -2.47. The summed E-state index contributed by atoms with van der Waals surface area (Å²) in [7, 11) is 4.34. The van der Waals surface area contributed by atoms with E-state index in [1.54, 1.807) is 0 Å². The van der Waals surface area contributed by atoms with Crippen molar-refractivity contribution in [3.05, 3.63) is 0 Å². The van der Waals surface area contributed by atoms with Gasteiger partial charge in [0.05, 0.1) is 0 Å². The van der Waals surface area contributed by atoms with Crippen LogP contribution in [-0.4, -0.2) is 62.7 Å². The molecule has 18 heavy (non-hydrogen) atoms. The molecule has 0 aromatic heterocycles.